The van der Waals surface area contributed by atoms with E-state index < -0.39 is 0 Å². The number of halogens is 1. The Morgan fingerprint density at radius 2 is 1.88 bits per heavy atom. The zero-order valence-electron chi connectivity index (χ0n) is 14.2. The van der Waals surface area contributed by atoms with Crippen molar-refractivity contribution >= 4 is 34.3 Å². The fourth-order valence-electron chi connectivity index (χ4n) is 2.96. The number of furan rings is 1. The Kier molecular flexibility index (Phi) is 4.27. The second-order valence-corrected chi connectivity index (χ2v) is 6.61. The van der Waals surface area contributed by atoms with Crippen LogP contribution in [0, 0.1) is 6.92 Å². The predicted molar refractivity (Wildman–Crippen MR) is 104 cm³/mol. The summed E-state index contributed by atoms with van der Waals surface area (Å²) in [6, 6.07) is 19.1. The second kappa shape index (κ2) is 6.73. The molecule has 0 unspecified atom stereocenters. The Morgan fingerprint density at radius 3 is 2.65 bits per heavy atom. The first-order valence-corrected chi connectivity index (χ1v) is 8.68. The van der Waals surface area contributed by atoms with E-state index in [-0.39, 0.29) is 5.91 Å². The van der Waals surface area contributed by atoms with Crippen molar-refractivity contribution in [3.8, 4) is 0 Å². The van der Waals surface area contributed by atoms with E-state index in [0.717, 1.165) is 11.1 Å². The van der Waals surface area contributed by atoms with Gasteiger partial charge >= 0.3 is 0 Å². The number of rotatable bonds is 4. The average molecular weight is 365 g/mol. The standard InChI is InChI=1S/C21H17ClN2O2/c1-14-6-8-15(9-7-14)13-24-18-10-11-26-20(18)12-19(24)21(25)23-17-5-3-2-4-16(17)22/h2-12H,13H2,1H3,(H,23,25). The minimum atomic E-state index is -0.225. The normalized spacial score (nSPS) is 11.0. The molecular weight excluding hydrogens is 348 g/mol. The molecule has 1 N–H and O–H groups in total. The molecule has 2 heterocycles. The number of fused-ring (bicyclic) bond motifs is 1. The SMILES string of the molecule is Cc1ccc(Cn2c(C(=O)Nc3ccccc3Cl)cc3occc32)cc1. The summed E-state index contributed by atoms with van der Waals surface area (Å²) < 4.78 is 7.45. The summed E-state index contributed by atoms with van der Waals surface area (Å²) in [5.41, 5.74) is 4.99. The number of nitrogens with one attached hydrogen (secondary N) is 1. The Hall–Kier alpha value is -2.98. The van der Waals surface area contributed by atoms with Gasteiger partial charge in [0.1, 0.15) is 5.69 Å². The molecule has 0 bridgehead atoms. The monoisotopic (exact) mass is 364 g/mol. The minimum Gasteiger partial charge on any atom is -0.463 e. The van der Waals surface area contributed by atoms with Crippen molar-refractivity contribution in [3.63, 3.8) is 0 Å². The summed E-state index contributed by atoms with van der Waals surface area (Å²) in [6.07, 6.45) is 1.63. The third kappa shape index (κ3) is 3.11. The summed E-state index contributed by atoms with van der Waals surface area (Å²) in [6.45, 7) is 2.63. The van der Waals surface area contributed by atoms with Crippen molar-refractivity contribution in [2.24, 2.45) is 0 Å². The fraction of sp³-hybridized carbons (Fsp3) is 0.0952. The molecule has 4 nitrogen and oxygen atoms in total. The third-order valence-corrected chi connectivity index (χ3v) is 4.67. The van der Waals surface area contributed by atoms with Crippen molar-refractivity contribution < 1.29 is 9.21 Å². The first-order chi connectivity index (χ1) is 12.6. The number of para-hydroxylation sites is 1. The van der Waals surface area contributed by atoms with Crippen LogP contribution in [0.15, 0.2) is 71.3 Å². The Bertz CT molecular complexity index is 1080. The maximum atomic E-state index is 12.9. The lowest BCUT2D eigenvalue weighted by Gasteiger charge is -2.11. The van der Waals surface area contributed by atoms with Gasteiger partial charge in [0.2, 0.25) is 0 Å². The number of hydrogen-bond acceptors (Lipinski definition) is 2. The average Bonchev–Trinajstić information content (AvgIpc) is 3.21. The molecule has 0 radical (unpaired) electrons. The highest BCUT2D eigenvalue weighted by Crippen LogP contribution is 2.25. The molecule has 26 heavy (non-hydrogen) atoms. The van der Waals surface area contributed by atoms with Gasteiger partial charge in [-0.05, 0) is 24.6 Å². The van der Waals surface area contributed by atoms with E-state index in [0.29, 0.717) is 28.5 Å². The van der Waals surface area contributed by atoms with Crippen LogP contribution in [0.3, 0.4) is 0 Å². The number of carbonyl (C=O) groups excluding carboxylic acids is 1. The Balaban J connectivity index is 1.70. The van der Waals surface area contributed by atoms with Gasteiger partial charge in [0.15, 0.2) is 5.58 Å². The molecule has 0 aliphatic carbocycles. The Labute approximate surface area is 156 Å². The molecule has 5 heteroatoms. The third-order valence-electron chi connectivity index (χ3n) is 4.34. The highest BCUT2D eigenvalue weighted by atomic mass is 35.5. The molecule has 130 valence electrons. The van der Waals surface area contributed by atoms with Gasteiger partial charge in [0.25, 0.3) is 5.91 Å². The number of aryl methyl sites for hydroxylation is 1. The number of carbonyl (C=O) groups is 1. The zero-order chi connectivity index (χ0) is 18.1. The molecule has 1 amide bonds. The van der Waals surface area contributed by atoms with Crippen LogP contribution in [-0.2, 0) is 6.54 Å². The van der Waals surface area contributed by atoms with Crippen molar-refractivity contribution in [2.45, 2.75) is 13.5 Å². The van der Waals surface area contributed by atoms with Gasteiger partial charge < -0.3 is 14.3 Å². The molecule has 4 aromatic rings. The lowest BCUT2D eigenvalue weighted by atomic mass is 10.1. The van der Waals surface area contributed by atoms with Crippen molar-refractivity contribution in [1.82, 2.24) is 4.57 Å². The largest absolute Gasteiger partial charge is 0.463 e. The summed E-state index contributed by atoms with van der Waals surface area (Å²) in [5, 5.41) is 3.38. The van der Waals surface area contributed by atoms with Crippen LogP contribution in [-0.4, -0.2) is 10.5 Å². The van der Waals surface area contributed by atoms with E-state index in [4.69, 9.17) is 16.0 Å². The highest BCUT2D eigenvalue weighted by Gasteiger charge is 2.18. The number of amides is 1. The van der Waals surface area contributed by atoms with Crippen LogP contribution >= 0.6 is 11.6 Å². The molecule has 0 aliphatic heterocycles. The fourth-order valence-corrected chi connectivity index (χ4v) is 3.14. The van der Waals surface area contributed by atoms with E-state index in [1.807, 2.05) is 22.8 Å². The van der Waals surface area contributed by atoms with Crippen molar-refractivity contribution in [2.75, 3.05) is 5.32 Å². The molecule has 0 fully saturated rings. The van der Waals surface area contributed by atoms with Gasteiger partial charge in [-0.15, -0.1) is 0 Å². The van der Waals surface area contributed by atoms with Crippen LogP contribution in [0.1, 0.15) is 21.6 Å². The van der Waals surface area contributed by atoms with Crippen LogP contribution in [0.4, 0.5) is 5.69 Å². The van der Waals surface area contributed by atoms with Crippen LogP contribution < -0.4 is 5.32 Å². The smallest absolute Gasteiger partial charge is 0.272 e. The molecule has 2 aromatic carbocycles. The van der Waals surface area contributed by atoms with Gasteiger partial charge in [-0.25, -0.2) is 0 Å². The predicted octanol–water partition coefficient (Wildman–Crippen LogP) is 5.50. The zero-order valence-corrected chi connectivity index (χ0v) is 15.0. The topological polar surface area (TPSA) is 47.2 Å². The van der Waals surface area contributed by atoms with Crippen LogP contribution in [0.2, 0.25) is 5.02 Å². The van der Waals surface area contributed by atoms with Crippen LogP contribution in [0.25, 0.3) is 11.1 Å². The van der Waals surface area contributed by atoms with E-state index in [2.05, 4.69) is 36.5 Å². The highest BCUT2D eigenvalue weighted by molar-refractivity contribution is 6.33. The van der Waals surface area contributed by atoms with Gasteiger partial charge in [-0.1, -0.05) is 53.6 Å². The van der Waals surface area contributed by atoms with E-state index in [1.54, 1.807) is 24.5 Å². The molecule has 0 spiro atoms. The second-order valence-electron chi connectivity index (χ2n) is 6.21. The lowest BCUT2D eigenvalue weighted by molar-refractivity contribution is 0.101. The number of nitrogens with zero attached hydrogens (tertiary/aromatic N) is 1. The molecule has 4 rings (SSSR count). The van der Waals surface area contributed by atoms with Gasteiger partial charge in [-0.2, -0.15) is 0 Å². The number of benzene rings is 2. The molecule has 0 aliphatic rings. The number of hydrogen-bond donors (Lipinski definition) is 1. The number of aromatic nitrogens is 1. The molecule has 0 saturated heterocycles. The summed E-state index contributed by atoms with van der Waals surface area (Å²) in [5.74, 6) is -0.225. The quantitative estimate of drug-likeness (QED) is 0.520. The number of anilines is 1. The van der Waals surface area contributed by atoms with Crippen LogP contribution in [0.5, 0.6) is 0 Å². The lowest BCUT2D eigenvalue weighted by Crippen LogP contribution is -2.17. The first kappa shape index (κ1) is 16.5. The van der Waals surface area contributed by atoms with E-state index >= 15 is 0 Å². The maximum absolute atomic E-state index is 12.9. The van der Waals surface area contributed by atoms with E-state index in [1.165, 1.54) is 5.56 Å². The molecule has 0 saturated carbocycles. The summed E-state index contributed by atoms with van der Waals surface area (Å²) >= 11 is 6.16. The summed E-state index contributed by atoms with van der Waals surface area (Å²) in [7, 11) is 0. The van der Waals surface area contributed by atoms with Crippen molar-refractivity contribution in [3.05, 3.63) is 88.8 Å². The minimum absolute atomic E-state index is 0.225. The van der Waals surface area contributed by atoms with Gasteiger partial charge in [0, 0.05) is 18.7 Å². The first-order valence-electron chi connectivity index (χ1n) is 8.30. The van der Waals surface area contributed by atoms with Gasteiger partial charge in [-0.3, -0.25) is 4.79 Å². The Morgan fingerprint density at radius 1 is 1.12 bits per heavy atom. The molecular formula is C21H17ClN2O2. The molecule has 2 aromatic heterocycles. The maximum Gasteiger partial charge on any atom is 0.272 e. The van der Waals surface area contributed by atoms with Crippen molar-refractivity contribution in [1.29, 1.82) is 0 Å². The van der Waals surface area contributed by atoms with Gasteiger partial charge in [0.05, 0.1) is 22.5 Å². The molecule has 0 atom stereocenters. The summed E-state index contributed by atoms with van der Waals surface area (Å²) in [4.78, 5) is 12.9. The van der Waals surface area contributed by atoms with E-state index in [9.17, 15) is 4.79 Å².